The van der Waals surface area contributed by atoms with Crippen molar-refractivity contribution in [2.45, 2.75) is 31.6 Å². The van der Waals surface area contributed by atoms with Crippen LogP contribution in [0.15, 0.2) is 0 Å². The van der Waals surface area contributed by atoms with E-state index >= 15 is 0 Å². The topological polar surface area (TPSA) is 115 Å². The van der Waals surface area contributed by atoms with Gasteiger partial charge >= 0.3 is 5.97 Å². The molecule has 0 amide bonds. The smallest absolute Gasteiger partial charge is 0.303 e. The number of carboxylic acids is 1. The minimum absolute atomic E-state index is 0.0389. The van der Waals surface area contributed by atoms with Crippen molar-refractivity contribution in [3.8, 4) is 0 Å². The fourth-order valence-corrected chi connectivity index (χ4v) is 1.72. The van der Waals surface area contributed by atoms with Crippen molar-refractivity contribution in [1.29, 1.82) is 0 Å². The zero-order valence-electron chi connectivity index (χ0n) is 8.81. The lowest BCUT2D eigenvalue weighted by atomic mass is 10.1. The van der Waals surface area contributed by atoms with Crippen LogP contribution in [0, 0.1) is 0 Å². The first-order chi connectivity index (χ1) is 7.58. The molecule has 0 saturated heterocycles. The highest BCUT2D eigenvalue weighted by molar-refractivity contribution is 5.67. The Bertz CT molecular complexity index is 429. The first-order valence-corrected chi connectivity index (χ1v) is 5.21. The van der Waals surface area contributed by atoms with Gasteiger partial charge in [-0.25, -0.2) is 4.98 Å². The van der Waals surface area contributed by atoms with E-state index in [-0.39, 0.29) is 12.4 Å². The van der Waals surface area contributed by atoms with Gasteiger partial charge in [0, 0.05) is 17.9 Å². The van der Waals surface area contributed by atoms with Crippen LogP contribution in [0.2, 0.25) is 0 Å². The van der Waals surface area contributed by atoms with Crippen molar-refractivity contribution in [2.75, 3.05) is 11.5 Å². The molecule has 1 aliphatic carbocycles. The van der Waals surface area contributed by atoms with E-state index in [0.717, 1.165) is 24.1 Å². The number of hydrogen-bond donors (Lipinski definition) is 3. The number of carboxylic acid groups (broad SMARTS) is 1. The highest BCUT2D eigenvalue weighted by atomic mass is 16.4. The Morgan fingerprint density at radius 3 is 2.62 bits per heavy atom. The van der Waals surface area contributed by atoms with Crippen molar-refractivity contribution in [1.82, 2.24) is 9.97 Å². The minimum Gasteiger partial charge on any atom is -0.481 e. The van der Waals surface area contributed by atoms with Crippen LogP contribution < -0.4 is 11.5 Å². The Balaban J connectivity index is 2.29. The molecule has 1 fully saturated rings. The molecule has 0 aromatic carbocycles. The van der Waals surface area contributed by atoms with Crippen LogP contribution in [0.3, 0.4) is 0 Å². The Hall–Kier alpha value is -1.85. The fraction of sp³-hybridized carbons (Fsp3) is 0.500. The van der Waals surface area contributed by atoms with E-state index in [0.29, 0.717) is 18.2 Å². The Morgan fingerprint density at radius 1 is 1.38 bits per heavy atom. The first-order valence-electron chi connectivity index (χ1n) is 5.21. The molecule has 2 rings (SSSR count). The summed E-state index contributed by atoms with van der Waals surface area (Å²) >= 11 is 0. The second-order valence-electron chi connectivity index (χ2n) is 4.00. The van der Waals surface area contributed by atoms with E-state index in [2.05, 4.69) is 9.97 Å². The number of anilines is 2. The number of aromatic nitrogens is 2. The standard InChI is InChI=1S/C10H14N4O2/c11-9-6(3-4-7(15)16)8(5-1-2-5)13-10(12)14-9/h5H,1-4H2,(H,15,16)(H4,11,12,13,14). The third-order valence-electron chi connectivity index (χ3n) is 2.64. The number of nitrogens with two attached hydrogens (primary N) is 2. The van der Waals surface area contributed by atoms with Gasteiger partial charge in [-0.3, -0.25) is 4.79 Å². The lowest BCUT2D eigenvalue weighted by Crippen LogP contribution is -2.10. The third-order valence-corrected chi connectivity index (χ3v) is 2.64. The largest absolute Gasteiger partial charge is 0.481 e. The van der Waals surface area contributed by atoms with Gasteiger partial charge in [0.25, 0.3) is 0 Å². The van der Waals surface area contributed by atoms with Crippen LogP contribution in [0.1, 0.15) is 36.4 Å². The lowest BCUT2D eigenvalue weighted by molar-refractivity contribution is -0.136. The van der Waals surface area contributed by atoms with E-state index < -0.39 is 5.97 Å². The number of carbonyl (C=O) groups is 1. The van der Waals surface area contributed by atoms with Gasteiger partial charge in [-0.05, 0) is 19.3 Å². The van der Waals surface area contributed by atoms with Crippen LogP contribution >= 0.6 is 0 Å². The van der Waals surface area contributed by atoms with Gasteiger partial charge in [0.1, 0.15) is 5.82 Å². The molecule has 0 radical (unpaired) electrons. The number of aliphatic carboxylic acids is 1. The Kier molecular flexibility index (Phi) is 2.64. The first kappa shape index (κ1) is 10.7. The second-order valence-corrected chi connectivity index (χ2v) is 4.00. The molecular formula is C10H14N4O2. The second kappa shape index (κ2) is 3.96. The molecule has 0 aliphatic heterocycles. The summed E-state index contributed by atoms with van der Waals surface area (Å²) in [5, 5.41) is 8.66. The van der Waals surface area contributed by atoms with Gasteiger partial charge in [-0.15, -0.1) is 0 Å². The summed E-state index contributed by atoms with van der Waals surface area (Å²) in [5.74, 6) is 0.0171. The molecule has 1 aromatic heterocycles. The fourth-order valence-electron chi connectivity index (χ4n) is 1.72. The van der Waals surface area contributed by atoms with Gasteiger partial charge < -0.3 is 16.6 Å². The highest BCUT2D eigenvalue weighted by Gasteiger charge is 2.29. The quantitative estimate of drug-likeness (QED) is 0.684. The number of nitrogens with zero attached hydrogens (tertiary/aromatic N) is 2. The maximum atomic E-state index is 10.5. The normalized spacial score (nSPS) is 15.0. The third kappa shape index (κ3) is 2.21. The van der Waals surface area contributed by atoms with E-state index in [1.807, 2.05) is 0 Å². The SMILES string of the molecule is Nc1nc(N)c(CCC(=O)O)c(C2CC2)n1. The average molecular weight is 222 g/mol. The summed E-state index contributed by atoms with van der Waals surface area (Å²) < 4.78 is 0. The van der Waals surface area contributed by atoms with Gasteiger partial charge in [0.15, 0.2) is 0 Å². The summed E-state index contributed by atoms with van der Waals surface area (Å²) in [7, 11) is 0. The highest BCUT2D eigenvalue weighted by Crippen LogP contribution is 2.42. The summed E-state index contributed by atoms with van der Waals surface area (Å²) in [6.07, 6.45) is 2.54. The molecule has 86 valence electrons. The Morgan fingerprint density at radius 2 is 2.06 bits per heavy atom. The molecule has 1 aliphatic rings. The molecular weight excluding hydrogens is 208 g/mol. The number of rotatable bonds is 4. The minimum atomic E-state index is -0.849. The van der Waals surface area contributed by atoms with E-state index in [4.69, 9.17) is 16.6 Å². The molecule has 1 aromatic rings. The number of nitrogen functional groups attached to an aromatic ring is 2. The van der Waals surface area contributed by atoms with Crippen LogP contribution in [0.4, 0.5) is 11.8 Å². The average Bonchev–Trinajstić information content (AvgIpc) is 2.97. The molecule has 0 unspecified atom stereocenters. The summed E-state index contributed by atoms with van der Waals surface area (Å²) in [6, 6.07) is 0. The van der Waals surface area contributed by atoms with Crippen molar-refractivity contribution in [3.05, 3.63) is 11.3 Å². The van der Waals surface area contributed by atoms with Crippen LogP contribution in [-0.4, -0.2) is 21.0 Å². The maximum Gasteiger partial charge on any atom is 0.303 e. The zero-order chi connectivity index (χ0) is 11.7. The van der Waals surface area contributed by atoms with Crippen molar-refractivity contribution < 1.29 is 9.90 Å². The van der Waals surface area contributed by atoms with E-state index in [1.54, 1.807) is 0 Å². The molecule has 0 bridgehead atoms. The predicted octanol–water partition coefficient (Wildman–Crippen LogP) is 0.536. The molecule has 0 spiro atoms. The van der Waals surface area contributed by atoms with Gasteiger partial charge in [-0.1, -0.05) is 0 Å². The lowest BCUT2D eigenvalue weighted by Gasteiger charge is -2.09. The van der Waals surface area contributed by atoms with Crippen molar-refractivity contribution in [2.24, 2.45) is 0 Å². The van der Waals surface area contributed by atoms with Gasteiger partial charge in [-0.2, -0.15) is 4.98 Å². The zero-order valence-corrected chi connectivity index (χ0v) is 8.81. The molecule has 5 N–H and O–H groups in total. The molecule has 16 heavy (non-hydrogen) atoms. The summed E-state index contributed by atoms with van der Waals surface area (Å²) in [6.45, 7) is 0. The molecule has 6 heteroatoms. The van der Waals surface area contributed by atoms with E-state index in [9.17, 15) is 4.79 Å². The van der Waals surface area contributed by atoms with E-state index in [1.165, 1.54) is 0 Å². The van der Waals surface area contributed by atoms with Crippen LogP contribution in [0.25, 0.3) is 0 Å². The van der Waals surface area contributed by atoms with Crippen LogP contribution in [0.5, 0.6) is 0 Å². The summed E-state index contributed by atoms with van der Waals surface area (Å²) in [4.78, 5) is 18.6. The number of hydrogen-bond acceptors (Lipinski definition) is 5. The Labute approximate surface area is 92.7 Å². The predicted molar refractivity (Wildman–Crippen MR) is 58.8 cm³/mol. The molecule has 6 nitrogen and oxygen atoms in total. The van der Waals surface area contributed by atoms with Gasteiger partial charge in [0.05, 0.1) is 5.69 Å². The van der Waals surface area contributed by atoms with Crippen molar-refractivity contribution in [3.63, 3.8) is 0 Å². The molecule has 1 heterocycles. The van der Waals surface area contributed by atoms with Crippen molar-refractivity contribution >= 4 is 17.7 Å². The van der Waals surface area contributed by atoms with Gasteiger partial charge in [0.2, 0.25) is 5.95 Å². The maximum absolute atomic E-state index is 10.5. The summed E-state index contributed by atoms with van der Waals surface area (Å²) in [5.41, 5.74) is 12.9. The molecule has 1 saturated carbocycles. The monoisotopic (exact) mass is 222 g/mol. The van der Waals surface area contributed by atoms with Crippen LogP contribution in [-0.2, 0) is 11.2 Å². The molecule has 0 atom stereocenters.